The van der Waals surface area contributed by atoms with Gasteiger partial charge in [-0.05, 0) is 18.8 Å². The topological polar surface area (TPSA) is 141 Å². The molecule has 2 aromatic rings. The molecule has 0 aromatic carbocycles. The number of carbonyl (C=O) groups excluding carboxylic acids is 2. The number of hydrogen-bond acceptors (Lipinski definition) is 7. The van der Waals surface area contributed by atoms with Crippen LogP contribution >= 0.6 is 11.3 Å². The molecule has 2 aliphatic rings. The molecule has 0 unspecified atom stereocenters. The van der Waals surface area contributed by atoms with Crippen molar-refractivity contribution in [2.75, 3.05) is 13.1 Å². The van der Waals surface area contributed by atoms with Crippen molar-refractivity contribution >= 4 is 34.1 Å². The third kappa shape index (κ3) is 3.76. The number of aromatic hydroxyl groups is 1. The van der Waals surface area contributed by atoms with E-state index in [0.29, 0.717) is 37.5 Å². The highest BCUT2D eigenvalue weighted by atomic mass is 32.1. The summed E-state index contributed by atoms with van der Waals surface area (Å²) in [7, 11) is 0. The van der Waals surface area contributed by atoms with Crippen LogP contribution in [0.15, 0.2) is 4.79 Å². The number of nitrogens with zero attached hydrogens (tertiary/aromatic N) is 3. The molecule has 160 valence electrons. The van der Waals surface area contributed by atoms with Crippen LogP contribution in [-0.4, -0.2) is 55.4 Å². The molecule has 30 heavy (non-hydrogen) atoms. The van der Waals surface area contributed by atoms with Crippen LogP contribution in [0.5, 0.6) is 5.88 Å². The lowest BCUT2D eigenvalue weighted by Crippen LogP contribution is -2.38. The van der Waals surface area contributed by atoms with Crippen molar-refractivity contribution in [3.8, 4) is 5.88 Å². The molecule has 0 spiro atoms. The molecule has 1 aliphatic carbocycles. The van der Waals surface area contributed by atoms with E-state index in [1.54, 1.807) is 4.90 Å². The van der Waals surface area contributed by atoms with Crippen molar-refractivity contribution in [1.82, 2.24) is 19.6 Å². The lowest BCUT2D eigenvalue weighted by Gasteiger charge is -2.27. The van der Waals surface area contributed by atoms with Crippen molar-refractivity contribution in [2.45, 2.75) is 45.1 Å². The number of hydrogen-bond donors (Lipinski definition) is 3. The third-order valence-electron chi connectivity index (χ3n) is 5.71. The molecule has 0 radical (unpaired) electrons. The summed E-state index contributed by atoms with van der Waals surface area (Å²) in [5, 5.41) is 20.9. The van der Waals surface area contributed by atoms with Gasteiger partial charge in [-0.3, -0.25) is 23.6 Å². The summed E-state index contributed by atoms with van der Waals surface area (Å²) in [5.41, 5.74) is -0.664. The maximum absolute atomic E-state index is 12.9. The zero-order valence-electron chi connectivity index (χ0n) is 16.2. The van der Waals surface area contributed by atoms with Gasteiger partial charge in [0.05, 0.1) is 6.54 Å². The molecule has 3 N–H and O–H groups in total. The lowest BCUT2D eigenvalue weighted by atomic mass is 10.0. The Morgan fingerprint density at radius 2 is 1.97 bits per heavy atom. The molecule has 4 rings (SSSR count). The van der Waals surface area contributed by atoms with Crippen molar-refractivity contribution in [2.24, 2.45) is 5.92 Å². The number of amides is 2. The summed E-state index contributed by atoms with van der Waals surface area (Å²) in [6.45, 7) is 0.161. The van der Waals surface area contributed by atoms with Gasteiger partial charge in [0.25, 0.3) is 11.5 Å². The first kappa shape index (κ1) is 20.3. The Morgan fingerprint density at radius 3 is 2.67 bits per heavy atom. The number of thiazole rings is 1. The molecule has 1 saturated carbocycles. The van der Waals surface area contributed by atoms with E-state index in [9.17, 15) is 24.3 Å². The van der Waals surface area contributed by atoms with Crippen molar-refractivity contribution in [1.29, 1.82) is 0 Å². The van der Waals surface area contributed by atoms with Crippen LogP contribution < -0.4 is 10.9 Å². The van der Waals surface area contributed by atoms with Gasteiger partial charge in [0.1, 0.15) is 6.54 Å². The van der Waals surface area contributed by atoms with Gasteiger partial charge in [-0.25, -0.2) is 0 Å². The van der Waals surface area contributed by atoms with E-state index in [0.717, 1.165) is 17.7 Å². The van der Waals surface area contributed by atoms with Crippen molar-refractivity contribution < 1.29 is 24.6 Å². The Balaban J connectivity index is 1.60. The van der Waals surface area contributed by atoms with Gasteiger partial charge in [0, 0.05) is 30.0 Å². The molecule has 3 heterocycles. The molecule has 0 saturated heterocycles. The Bertz CT molecular complexity index is 1080. The Labute approximate surface area is 175 Å². The lowest BCUT2D eigenvalue weighted by molar-refractivity contribution is -0.136. The number of carboxylic acid groups (broad SMARTS) is 1. The zero-order valence-corrected chi connectivity index (χ0v) is 17.0. The highest BCUT2D eigenvalue weighted by Crippen LogP contribution is 2.31. The molecule has 0 bridgehead atoms. The molecule has 0 atom stereocenters. The molecule has 2 aromatic heterocycles. The summed E-state index contributed by atoms with van der Waals surface area (Å²) >= 11 is 1.20. The minimum atomic E-state index is -1.27. The summed E-state index contributed by atoms with van der Waals surface area (Å²) in [6.07, 6.45) is 5.54. The van der Waals surface area contributed by atoms with E-state index in [4.69, 9.17) is 5.11 Å². The summed E-state index contributed by atoms with van der Waals surface area (Å²) in [4.78, 5) is 55.2. The van der Waals surface area contributed by atoms with Crippen molar-refractivity contribution in [3.05, 3.63) is 26.5 Å². The molecular formula is C19H22N4O6S. The standard InChI is InChI=1S/C19H22N4O6S/c24-13(7-10-3-1-2-4-10)22-6-5-11-12(9-22)30-19-21-17(28)15(18(29)23(11)19)16(27)20-8-14(25)26/h10,28H,1-9H2,(H,20,27)(H,25,26). The van der Waals surface area contributed by atoms with Gasteiger partial charge in [-0.15, -0.1) is 0 Å². The second-order valence-corrected chi connectivity index (χ2v) is 8.76. The smallest absolute Gasteiger partial charge is 0.322 e. The van der Waals surface area contributed by atoms with E-state index < -0.39 is 35.4 Å². The van der Waals surface area contributed by atoms with E-state index in [2.05, 4.69) is 10.3 Å². The van der Waals surface area contributed by atoms with E-state index in [-0.39, 0.29) is 10.9 Å². The first-order chi connectivity index (χ1) is 14.3. The average molecular weight is 434 g/mol. The fraction of sp³-hybridized carbons (Fsp3) is 0.526. The number of fused-ring (bicyclic) bond motifs is 3. The van der Waals surface area contributed by atoms with Crippen LogP contribution in [0.2, 0.25) is 0 Å². The Hall–Kier alpha value is -2.95. The fourth-order valence-corrected chi connectivity index (χ4v) is 5.37. The molecular weight excluding hydrogens is 412 g/mol. The minimum absolute atomic E-state index is 0.113. The van der Waals surface area contributed by atoms with Gasteiger partial charge in [0.2, 0.25) is 16.7 Å². The quantitative estimate of drug-likeness (QED) is 0.630. The maximum Gasteiger partial charge on any atom is 0.322 e. The number of rotatable bonds is 5. The highest BCUT2D eigenvalue weighted by molar-refractivity contribution is 7.17. The average Bonchev–Trinajstić information content (AvgIpc) is 3.32. The van der Waals surface area contributed by atoms with E-state index >= 15 is 0 Å². The van der Waals surface area contributed by atoms with Gasteiger partial charge < -0.3 is 20.4 Å². The number of carboxylic acids is 1. The van der Waals surface area contributed by atoms with Crippen LogP contribution in [-0.2, 0) is 22.6 Å². The first-order valence-corrected chi connectivity index (χ1v) is 10.7. The zero-order chi connectivity index (χ0) is 21.4. The van der Waals surface area contributed by atoms with Crippen LogP contribution in [0.3, 0.4) is 0 Å². The van der Waals surface area contributed by atoms with E-state index in [1.165, 1.54) is 28.6 Å². The molecule has 1 fully saturated rings. The fourth-order valence-electron chi connectivity index (χ4n) is 4.21. The van der Waals surface area contributed by atoms with Crippen molar-refractivity contribution in [3.63, 3.8) is 0 Å². The van der Waals surface area contributed by atoms with Crippen LogP contribution in [0.4, 0.5) is 0 Å². The number of aliphatic carboxylic acids is 1. The van der Waals surface area contributed by atoms with Gasteiger partial charge >= 0.3 is 5.97 Å². The molecule has 10 nitrogen and oxygen atoms in total. The minimum Gasteiger partial charge on any atom is -0.492 e. The normalized spacial score (nSPS) is 16.6. The van der Waals surface area contributed by atoms with Gasteiger partial charge in [-0.1, -0.05) is 24.2 Å². The van der Waals surface area contributed by atoms with Gasteiger partial charge in [-0.2, -0.15) is 4.98 Å². The van der Waals surface area contributed by atoms with Crippen LogP contribution in [0.25, 0.3) is 4.96 Å². The Morgan fingerprint density at radius 1 is 1.23 bits per heavy atom. The highest BCUT2D eigenvalue weighted by Gasteiger charge is 2.30. The second kappa shape index (κ2) is 8.05. The first-order valence-electron chi connectivity index (χ1n) is 9.89. The molecule has 11 heteroatoms. The predicted molar refractivity (Wildman–Crippen MR) is 107 cm³/mol. The van der Waals surface area contributed by atoms with Crippen LogP contribution in [0.1, 0.15) is 53.0 Å². The monoisotopic (exact) mass is 434 g/mol. The number of nitrogens with one attached hydrogen (secondary N) is 1. The second-order valence-electron chi connectivity index (χ2n) is 7.70. The largest absolute Gasteiger partial charge is 0.492 e. The number of aromatic nitrogens is 2. The Kier molecular flexibility index (Phi) is 5.46. The molecule has 2 amide bonds. The van der Waals surface area contributed by atoms with Gasteiger partial charge in [0.15, 0.2) is 5.56 Å². The van der Waals surface area contributed by atoms with E-state index in [1.807, 2.05) is 0 Å². The SMILES string of the molecule is O=C(O)CNC(=O)c1c(O)nc2sc3c(n2c1=O)CCN(C(=O)CC1CCCC1)C3. The summed E-state index contributed by atoms with van der Waals surface area (Å²) in [6, 6.07) is 0. The molecule has 1 aliphatic heterocycles. The predicted octanol–water partition coefficient (Wildman–Crippen LogP) is 0.741. The maximum atomic E-state index is 12.9. The number of carbonyl (C=O) groups is 3. The van der Waals surface area contributed by atoms with Crippen LogP contribution in [0, 0.1) is 5.92 Å². The summed E-state index contributed by atoms with van der Waals surface area (Å²) < 4.78 is 1.29. The summed E-state index contributed by atoms with van der Waals surface area (Å²) in [5.74, 6) is -2.44. The third-order valence-corrected chi connectivity index (χ3v) is 6.78.